The summed E-state index contributed by atoms with van der Waals surface area (Å²) >= 11 is 0. The fourth-order valence-corrected chi connectivity index (χ4v) is 6.70. The topological polar surface area (TPSA) is 83.8 Å². The molecule has 2 bridgehead atoms. The van der Waals surface area contributed by atoms with E-state index >= 15 is 0 Å². The molecule has 3 rings (SSSR count). The number of hydrogen-bond acceptors (Lipinski definition) is 5. The Bertz CT molecular complexity index is 645. The van der Waals surface area contributed by atoms with Crippen LogP contribution in [0.25, 0.3) is 0 Å². The highest BCUT2D eigenvalue weighted by Gasteiger charge is 2.68. The van der Waals surface area contributed by atoms with E-state index in [0.29, 0.717) is 12.8 Å². The van der Waals surface area contributed by atoms with E-state index < -0.39 is 35.6 Å². The molecule has 3 saturated carbocycles. The molecule has 0 spiro atoms. The van der Waals surface area contributed by atoms with Gasteiger partial charge in [-0.2, -0.15) is 0 Å². The molecular weight excluding hydrogens is 344 g/mol. The Morgan fingerprint density at radius 3 is 2.59 bits per heavy atom. The highest BCUT2D eigenvalue weighted by molar-refractivity contribution is 5.85. The largest absolute Gasteiger partial charge is 0.460 e. The van der Waals surface area contributed by atoms with E-state index in [9.17, 15) is 19.8 Å². The van der Waals surface area contributed by atoms with E-state index in [4.69, 9.17) is 4.74 Å². The van der Waals surface area contributed by atoms with Crippen LogP contribution in [0.2, 0.25) is 0 Å². The van der Waals surface area contributed by atoms with E-state index in [1.807, 2.05) is 6.92 Å². The summed E-state index contributed by atoms with van der Waals surface area (Å²) in [5.41, 5.74) is -1.43. The lowest BCUT2D eigenvalue weighted by atomic mass is 9.44. The van der Waals surface area contributed by atoms with Crippen LogP contribution in [0.5, 0.6) is 0 Å². The Hall–Kier alpha value is -1.20. The zero-order valence-corrected chi connectivity index (χ0v) is 17.0. The van der Waals surface area contributed by atoms with Gasteiger partial charge in [0.2, 0.25) is 0 Å². The van der Waals surface area contributed by atoms with Crippen molar-refractivity contribution in [3.63, 3.8) is 0 Å². The van der Waals surface area contributed by atoms with Crippen LogP contribution in [-0.4, -0.2) is 40.8 Å². The van der Waals surface area contributed by atoms with Gasteiger partial charge in [0, 0.05) is 23.2 Å². The fraction of sp³-hybridized carbons (Fsp3) is 0.818. The molecule has 0 radical (unpaired) electrons. The van der Waals surface area contributed by atoms with Crippen molar-refractivity contribution in [3.05, 3.63) is 12.7 Å². The van der Waals surface area contributed by atoms with Crippen LogP contribution in [0.15, 0.2) is 12.7 Å². The lowest BCUT2D eigenvalue weighted by Gasteiger charge is -2.61. The highest BCUT2D eigenvalue weighted by atomic mass is 16.6. The van der Waals surface area contributed by atoms with Gasteiger partial charge in [-0.15, -0.1) is 6.58 Å². The molecule has 152 valence electrons. The molecule has 3 fully saturated rings. The molecule has 5 nitrogen and oxygen atoms in total. The Balaban J connectivity index is 2.21. The van der Waals surface area contributed by atoms with Gasteiger partial charge in [0.25, 0.3) is 0 Å². The fourth-order valence-electron chi connectivity index (χ4n) is 6.70. The van der Waals surface area contributed by atoms with Gasteiger partial charge in [-0.1, -0.05) is 33.8 Å². The van der Waals surface area contributed by atoms with E-state index in [1.54, 1.807) is 6.08 Å². The van der Waals surface area contributed by atoms with Gasteiger partial charge in [-0.25, -0.2) is 4.79 Å². The quantitative estimate of drug-likeness (QED) is 0.583. The smallest absolute Gasteiger partial charge is 0.332 e. The number of carbonyl (C=O) groups is 2. The zero-order chi connectivity index (χ0) is 20.2. The Morgan fingerprint density at radius 1 is 1.33 bits per heavy atom. The maximum absolute atomic E-state index is 13.1. The number of esters is 1. The Kier molecular flexibility index (Phi) is 5.09. The van der Waals surface area contributed by atoms with Gasteiger partial charge < -0.3 is 14.9 Å². The predicted molar refractivity (Wildman–Crippen MR) is 102 cm³/mol. The number of ketones is 1. The lowest BCUT2D eigenvalue weighted by molar-refractivity contribution is -0.207. The number of aliphatic hydroxyl groups is 2. The van der Waals surface area contributed by atoms with Gasteiger partial charge >= 0.3 is 5.97 Å². The molecule has 0 heterocycles. The number of aliphatic hydroxyl groups excluding tert-OH is 2. The average Bonchev–Trinajstić information content (AvgIpc) is 3.00. The highest BCUT2D eigenvalue weighted by Crippen LogP contribution is 2.67. The number of Topliss-reactive ketones (excluding diaryl/α,β-unsaturated/α-hetero) is 1. The summed E-state index contributed by atoms with van der Waals surface area (Å²) in [7, 11) is 0. The predicted octanol–water partition coefficient (Wildman–Crippen LogP) is 2.89. The van der Waals surface area contributed by atoms with Crippen molar-refractivity contribution in [3.8, 4) is 0 Å². The maximum Gasteiger partial charge on any atom is 0.332 e. The third kappa shape index (κ3) is 2.72. The van der Waals surface area contributed by atoms with Crippen molar-refractivity contribution in [1.82, 2.24) is 0 Å². The van der Waals surface area contributed by atoms with Crippen LogP contribution in [0.3, 0.4) is 0 Å². The standard InChI is InChI=1S/C22H34O5/c1-6-20(4)11-16(27-17(25)12-23)21(5)13(2)7-9-22(14(3)19(20)26)10-8-15(24)18(21)22/h6,13-14,16,18-19,23,26H,1,7-12H2,2-5H3/t13-,14-,16-,18?,19+,20+,21+,22+/m1/s1. The molecule has 0 aromatic carbocycles. The monoisotopic (exact) mass is 378 g/mol. The van der Waals surface area contributed by atoms with Crippen LogP contribution in [0.1, 0.15) is 59.8 Å². The Labute approximate surface area is 162 Å². The first kappa shape index (κ1) is 20.5. The summed E-state index contributed by atoms with van der Waals surface area (Å²) in [6.45, 7) is 11.5. The summed E-state index contributed by atoms with van der Waals surface area (Å²) in [6.07, 6.45) is 4.10. The molecule has 3 aliphatic carbocycles. The zero-order valence-electron chi connectivity index (χ0n) is 17.0. The van der Waals surface area contributed by atoms with Crippen molar-refractivity contribution < 1.29 is 24.5 Å². The average molecular weight is 379 g/mol. The summed E-state index contributed by atoms with van der Waals surface area (Å²) in [5, 5.41) is 20.6. The van der Waals surface area contributed by atoms with Crippen molar-refractivity contribution in [1.29, 1.82) is 0 Å². The first-order valence-corrected chi connectivity index (χ1v) is 10.2. The molecule has 2 N–H and O–H groups in total. The van der Waals surface area contributed by atoms with Gasteiger partial charge in [-0.05, 0) is 42.9 Å². The van der Waals surface area contributed by atoms with Gasteiger partial charge in [0.1, 0.15) is 18.5 Å². The van der Waals surface area contributed by atoms with E-state index in [2.05, 4.69) is 27.4 Å². The molecule has 0 aromatic heterocycles. The SMILES string of the molecule is C=C[C@@]1(C)C[C@@H](OC(=O)CO)[C@@]2(C)C3C(=O)CC[C@@]3(CC[C@H]2C)[C@H](C)[C@@H]1O. The first-order chi connectivity index (χ1) is 12.6. The number of hydrogen-bond donors (Lipinski definition) is 2. The molecule has 1 unspecified atom stereocenters. The molecule has 8 atom stereocenters. The molecule has 0 amide bonds. The molecule has 0 saturated heterocycles. The summed E-state index contributed by atoms with van der Waals surface area (Å²) in [6, 6.07) is 0. The third-order valence-corrected chi connectivity index (χ3v) is 8.70. The van der Waals surface area contributed by atoms with Crippen LogP contribution >= 0.6 is 0 Å². The van der Waals surface area contributed by atoms with Crippen molar-refractivity contribution in [2.45, 2.75) is 72.0 Å². The lowest BCUT2D eigenvalue weighted by Crippen LogP contribution is -2.63. The molecule has 0 aliphatic heterocycles. The second kappa shape index (κ2) is 6.70. The second-order valence-corrected chi connectivity index (χ2v) is 9.72. The first-order valence-electron chi connectivity index (χ1n) is 10.2. The summed E-state index contributed by atoms with van der Waals surface area (Å²) < 4.78 is 5.77. The van der Waals surface area contributed by atoms with E-state index in [1.165, 1.54) is 0 Å². The molecule has 27 heavy (non-hydrogen) atoms. The second-order valence-electron chi connectivity index (χ2n) is 9.72. The van der Waals surface area contributed by atoms with Gasteiger partial charge in [0.05, 0.1) is 6.10 Å². The number of carbonyl (C=O) groups excluding carboxylic acids is 2. The van der Waals surface area contributed by atoms with Crippen LogP contribution < -0.4 is 0 Å². The van der Waals surface area contributed by atoms with Crippen LogP contribution in [0, 0.1) is 34.0 Å². The number of rotatable bonds is 3. The minimum atomic E-state index is -0.686. The van der Waals surface area contributed by atoms with Crippen LogP contribution in [-0.2, 0) is 14.3 Å². The van der Waals surface area contributed by atoms with Gasteiger partial charge in [-0.3, -0.25) is 4.79 Å². The minimum absolute atomic E-state index is 0.0433. The summed E-state index contributed by atoms with van der Waals surface area (Å²) in [4.78, 5) is 25.2. The normalized spacial score (nSPS) is 49.7. The third-order valence-electron chi connectivity index (χ3n) is 8.70. The van der Waals surface area contributed by atoms with E-state index in [-0.39, 0.29) is 29.0 Å². The van der Waals surface area contributed by atoms with Crippen LogP contribution in [0.4, 0.5) is 0 Å². The molecular formula is C22H34O5. The molecule has 5 heteroatoms. The maximum atomic E-state index is 13.1. The Morgan fingerprint density at radius 2 is 2.00 bits per heavy atom. The molecule has 3 aliphatic rings. The van der Waals surface area contributed by atoms with Crippen molar-refractivity contribution in [2.75, 3.05) is 6.61 Å². The summed E-state index contributed by atoms with van der Waals surface area (Å²) in [5.74, 6) is -0.520. The van der Waals surface area contributed by atoms with E-state index in [0.717, 1.165) is 19.3 Å². The number of ether oxygens (including phenoxy) is 1. The molecule has 0 aromatic rings. The minimum Gasteiger partial charge on any atom is -0.460 e. The van der Waals surface area contributed by atoms with Gasteiger partial charge in [0.15, 0.2) is 0 Å². The van der Waals surface area contributed by atoms with Crippen molar-refractivity contribution >= 4 is 11.8 Å². The van der Waals surface area contributed by atoms with Crippen molar-refractivity contribution in [2.24, 2.45) is 34.0 Å².